The maximum absolute atomic E-state index is 14.0. The molecule has 0 amide bonds. The van der Waals surface area contributed by atoms with Crippen molar-refractivity contribution in [1.82, 2.24) is 0 Å². The molecule has 2 rings (SSSR count). The van der Waals surface area contributed by atoms with Crippen molar-refractivity contribution in [2.75, 3.05) is 24.7 Å². The molecule has 1 saturated heterocycles. The van der Waals surface area contributed by atoms with Crippen LogP contribution in [0.25, 0.3) is 0 Å². The third-order valence-electron chi connectivity index (χ3n) is 3.21. The molecule has 94 valence electrons. The van der Waals surface area contributed by atoms with Crippen molar-refractivity contribution in [2.24, 2.45) is 5.73 Å². The molecule has 2 N–H and O–H groups in total. The van der Waals surface area contributed by atoms with Crippen molar-refractivity contribution in [3.8, 4) is 0 Å². The van der Waals surface area contributed by atoms with Crippen LogP contribution in [0, 0.1) is 5.82 Å². The summed E-state index contributed by atoms with van der Waals surface area (Å²) in [5.41, 5.74) is 6.96. The predicted molar refractivity (Wildman–Crippen MR) is 66.5 cm³/mol. The highest BCUT2D eigenvalue weighted by molar-refractivity contribution is 5.57. The summed E-state index contributed by atoms with van der Waals surface area (Å²) in [5, 5.41) is 0. The van der Waals surface area contributed by atoms with E-state index in [1.54, 1.807) is 6.07 Å². The lowest BCUT2D eigenvalue weighted by atomic mass is 9.99. The van der Waals surface area contributed by atoms with Crippen LogP contribution in [-0.2, 0) is 11.3 Å². The van der Waals surface area contributed by atoms with Gasteiger partial charge < -0.3 is 15.4 Å². The Morgan fingerprint density at radius 2 is 2.24 bits per heavy atom. The number of rotatable bonds is 2. The first-order chi connectivity index (χ1) is 8.06. The van der Waals surface area contributed by atoms with Crippen LogP contribution < -0.4 is 10.6 Å². The van der Waals surface area contributed by atoms with E-state index in [9.17, 15) is 4.39 Å². The number of nitrogens with two attached hydrogens (primary N) is 1. The van der Waals surface area contributed by atoms with Gasteiger partial charge in [0.1, 0.15) is 5.82 Å². The number of anilines is 1. The molecule has 1 fully saturated rings. The second-order valence-corrected chi connectivity index (χ2v) is 4.97. The van der Waals surface area contributed by atoms with E-state index in [0.717, 1.165) is 5.56 Å². The first kappa shape index (κ1) is 12.3. The van der Waals surface area contributed by atoms with E-state index in [2.05, 4.69) is 18.7 Å². The summed E-state index contributed by atoms with van der Waals surface area (Å²) in [4.78, 5) is 2.06. The molecule has 0 aromatic heterocycles. The average molecular weight is 238 g/mol. The molecule has 1 aromatic rings. The highest BCUT2D eigenvalue weighted by Crippen LogP contribution is 2.32. The van der Waals surface area contributed by atoms with Crippen LogP contribution in [0.5, 0.6) is 0 Å². The fraction of sp³-hybridized carbons (Fsp3) is 0.538. The molecule has 1 heterocycles. The predicted octanol–water partition coefficient (Wildman–Crippen LogP) is 1.90. The Kier molecular flexibility index (Phi) is 3.35. The zero-order valence-electron chi connectivity index (χ0n) is 10.4. The molecule has 0 radical (unpaired) electrons. The summed E-state index contributed by atoms with van der Waals surface area (Å²) >= 11 is 0. The van der Waals surface area contributed by atoms with E-state index in [4.69, 9.17) is 10.5 Å². The van der Waals surface area contributed by atoms with Crippen molar-refractivity contribution in [1.29, 1.82) is 0 Å². The number of benzene rings is 1. The van der Waals surface area contributed by atoms with E-state index < -0.39 is 0 Å². The van der Waals surface area contributed by atoms with E-state index in [-0.39, 0.29) is 11.4 Å². The average Bonchev–Trinajstić information content (AvgIpc) is 2.29. The number of morpholine rings is 1. The van der Waals surface area contributed by atoms with E-state index in [1.165, 1.54) is 6.07 Å². The molecule has 1 aliphatic heterocycles. The molecule has 0 atom stereocenters. The SMILES string of the molecule is CC1(C)COCCN1c1c(F)cccc1CN. The van der Waals surface area contributed by atoms with Gasteiger partial charge in [0.2, 0.25) is 0 Å². The molecule has 4 heteroatoms. The smallest absolute Gasteiger partial charge is 0.146 e. The summed E-state index contributed by atoms with van der Waals surface area (Å²) in [7, 11) is 0. The van der Waals surface area contributed by atoms with Gasteiger partial charge in [0, 0.05) is 13.1 Å². The van der Waals surface area contributed by atoms with Crippen LogP contribution in [0.4, 0.5) is 10.1 Å². The number of para-hydroxylation sites is 1. The molecule has 0 saturated carbocycles. The van der Waals surface area contributed by atoms with Crippen molar-refractivity contribution in [2.45, 2.75) is 25.9 Å². The lowest BCUT2D eigenvalue weighted by Gasteiger charge is -2.44. The van der Waals surface area contributed by atoms with Crippen LogP contribution in [-0.4, -0.2) is 25.3 Å². The Hall–Kier alpha value is -1.13. The minimum atomic E-state index is -0.206. The minimum absolute atomic E-state index is 0.204. The fourth-order valence-corrected chi connectivity index (χ4v) is 2.30. The number of hydrogen-bond acceptors (Lipinski definition) is 3. The minimum Gasteiger partial charge on any atom is -0.377 e. The van der Waals surface area contributed by atoms with Gasteiger partial charge in [-0.2, -0.15) is 0 Å². The van der Waals surface area contributed by atoms with Gasteiger partial charge >= 0.3 is 0 Å². The maximum Gasteiger partial charge on any atom is 0.146 e. The summed E-state index contributed by atoms with van der Waals surface area (Å²) in [6, 6.07) is 5.07. The Balaban J connectivity index is 2.44. The monoisotopic (exact) mass is 238 g/mol. The summed E-state index contributed by atoms with van der Waals surface area (Å²) in [5.74, 6) is -0.206. The molecule has 0 spiro atoms. The summed E-state index contributed by atoms with van der Waals surface area (Å²) in [6.07, 6.45) is 0. The molecule has 3 nitrogen and oxygen atoms in total. The third kappa shape index (κ3) is 2.28. The molecule has 1 aromatic carbocycles. The second kappa shape index (κ2) is 4.63. The number of hydrogen-bond donors (Lipinski definition) is 1. The van der Waals surface area contributed by atoms with Gasteiger partial charge in [-0.15, -0.1) is 0 Å². The first-order valence-corrected chi connectivity index (χ1v) is 5.89. The van der Waals surface area contributed by atoms with Crippen LogP contribution in [0.15, 0.2) is 18.2 Å². The third-order valence-corrected chi connectivity index (χ3v) is 3.21. The summed E-state index contributed by atoms with van der Waals surface area (Å²) in [6.45, 7) is 6.38. The molecular formula is C13H19FN2O. The molecule has 0 bridgehead atoms. The van der Waals surface area contributed by atoms with Gasteiger partial charge in [-0.25, -0.2) is 4.39 Å². The zero-order chi connectivity index (χ0) is 12.5. The maximum atomic E-state index is 14.0. The van der Waals surface area contributed by atoms with Crippen molar-refractivity contribution in [3.05, 3.63) is 29.6 Å². The molecule has 1 aliphatic rings. The first-order valence-electron chi connectivity index (χ1n) is 5.89. The van der Waals surface area contributed by atoms with Crippen molar-refractivity contribution >= 4 is 5.69 Å². The van der Waals surface area contributed by atoms with Crippen molar-refractivity contribution in [3.63, 3.8) is 0 Å². The van der Waals surface area contributed by atoms with E-state index in [0.29, 0.717) is 32.0 Å². The lowest BCUT2D eigenvalue weighted by Crippen LogP contribution is -2.53. The van der Waals surface area contributed by atoms with Gasteiger partial charge in [0.15, 0.2) is 0 Å². The standard InChI is InChI=1S/C13H19FN2O/c1-13(2)9-17-7-6-16(13)12-10(8-15)4-3-5-11(12)14/h3-5H,6-9,15H2,1-2H3. The van der Waals surface area contributed by atoms with Gasteiger partial charge in [-0.05, 0) is 25.5 Å². The van der Waals surface area contributed by atoms with Crippen LogP contribution in [0.3, 0.4) is 0 Å². The van der Waals surface area contributed by atoms with Crippen molar-refractivity contribution < 1.29 is 9.13 Å². The number of halogens is 1. The molecule has 0 aliphatic carbocycles. The topological polar surface area (TPSA) is 38.5 Å². The van der Waals surface area contributed by atoms with Crippen LogP contribution in [0.2, 0.25) is 0 Å². The Bertz CT molecular complexity index is 406. The van der Waals surface area contributed by atoms with Gasteiger partial charge in [0.25, 0.3) is 0 Å². The number of ether oxygens (including phenoxy) is 1. The highest BCUT2D eigenvalue weighted by Gasteiger charge is 2.33. The Morgan fingerprint density at radius 3 is 2.88 bits per heavy atom. The zero-order valence-corrected chi connectivity index (χ0v) is 10.4. The Labute approximate surface area is 101 Å². The van der Waals surface area contributed by atoms with Gasteiger partial charge in [-0.1, -0.05) is 12.1 Å². The molecular weight excluding hydrogens is 219 g/mol. The van der Waals surface area contributed by atoms with E-state index in [1.807, 2.05) is 6.07 Å². The summed E-state index contributed by atoms with van der Waals surface area (Å²) < 4.78 is 19.5. The molecule has 0 unspecified atom stereocenters. The normalized spacial score (nSPS) is 19.4. The largest absolute Gasteiger partial charge is 0.377 e. The Morgan fingerprint density at radius 1 is 1.47 bits per heavy atom. The lowest BCUT2D eigenvalue weighted by molar-refractivity contribution is 0.0639. The quantitative estimate of drug-likeness (QED) is 0.855. The highest BCUT2D eigenvalue weighted by atomic mass is 19.1. The molecule has 17 heavy (non-hydrogen) atoms. The second-order valence-electron chi connectivity index (χ2n) is 4.97. The fourth-order valence-electron chi connectivity index (χ4n) is 2.30. The van der Waals surface area contributed by atoms with Gasteiger partial charge in [-0.3, -0.25) is 0 Å². The number of nitrogens with zero attached hydrogens (tertiary/aromatic N) is 1. The van der Waals surface area contributed by atoms with Crippen LogP contribution in [0.1, 0.15) is 19.4 Å². The van der Waals surface area contributed by atoms with Gasteiger partial charge in [0.05, 0.1) is 24.4 Å². The van der Waals surface area contributed by atoms with E-state index >= 15 is 0 Å². The van der Waals surface area contributed by atoms with Crippen LogP contribution >= 0.6 is 0 Å².